The fourth-order valence-corrected chi connectivity index (χ4v) is 2.31. The monoisotopic (exact) mass is 287 g/mol. The molecule has 0 spiro atoms. The molecule has 0 aliphatic heterocycles. The molecule has 0 heterocycles. The molecule has 0 fully saturated rings. The average Bonchev–Trinajstić information content (AvgIpc) is 2.36. The van der Waals surface area contributed by atoms with Crippen molar-refractivity contribution in [2.75, 3.05) is 0 Å². The van der Waals surface area contributed by atoms with Gasteiger partial charge in [-0.1, -0.05) is 59.8 Å². The summed E-state index contributed by atoms with van der Waals surface area (Å²) in [6, 6.07) is -0.660. The molecule has 4 heteroatoms. The van der Waals surface area contributed by atoms with Crippen LogP contribution in [0.15, 0.2) is 0 Å². The average molecular weight is 287 g/mol. The van der Waals surface area contributed by atoms with Crippen molar-refractivity contribution >= 4 is 5.97 Å². The van der Waals surface area contributed by atoms with Crippen LogP contribution in [0.3, 0.4) is 0 Å². The first-order valence-corrected chi connectivity index (χ1v) is 8.05. The molecule has 0 aliphatic rings. The van der Waals surface area contributed by atoms with Crippen LogP contribution in [0.25, 0.3) is 0 Å². The predicted octanol–water partition coefficient (Wildman–Crippen LogP) is 3.39. The van der Waals surface area contributed by atoms with Crippen LogP contribution in [0.1, 0.15) is 72.6 Å². The third kappa shape index (κ3) is 9.32. The number of nitrogens with one attached hydrogen (secondary N) is 1. The zero-order chi connectivity index (χ0) is 15.5. The number of rotatable bonds is 12. The zero-order valence-corrected chi connectivity index (χ0v) is 13.6. The largest absolute Gasteiger partial charge is 0.480 e. The van der Waals surface area contributed by atoms with E-state index < -0.39 is 18.2 Å². The van der Waals surface area contributed by atoms with Crippen LogP contribution >= 0.6 is 0 Å². The standard InChI is InChI=1S/C16H33NO3/c1-5-6-7-8-9-10-13(4)15(18)17-14(16(19)20)11-12(2)3/h12-15,17-18H,5-11H2,1-4H3,(H,19,20). The zero-order valence-electron chi connectivity index (χ0n) is 13.6. The number of aliphatic hydroxyl groups is 1. The van der Waals surface area contributed by atoms with E-state index in [4.69, 9.17) is 5.11 Å². The number of aliphatic carboxylic acids is 1. The molecule has 3 atom stereocenters. The van der Waals surface area contributed by atoms with Gasteiger partial charge in [-0.3, -0.25) is 10.1 Å². The molecule has 0 radical (unpaired) electrons. The summed E-state index contributed by atoms with van der Waals surface area (Å²) in [5.41, 5.74) is 0. The first-order valence-electron chi connectivity index (χ1n) is 8.05. The Morgan fingerprint density at radius 1 is 1.10 bits per heavy atom. The van der Waals surface area contributed by atoms with Crippen LogP contribution < -0.4 is 5.32 Å². The highest BCUT2D eigenvalue weighted by Gasteiger charge is 2.24. The maximum atomic E-state index is 11.2. The molecular formula is C16H33NO3. The molecule has 0 bridgehead atoms. The van der Waals surface area contributed by atoms with Crippen LogP contribution in [0.4, 0.5) is 0 Å². The Kier molecular flexibility index (Phi) is 10.8. The van der Waals surface area contributed by atoms with E-state index >= 15 is 0 Å². The van der Waals surface area contributed by atoms with Gasteiger partial charge in [-0.2, -0.15) is 0 Å². The molecule has 0 saturated heterocycles. The van der Waals surface area contributed by atoms with E-state index in [1.807, 2.05) is 20.8 Å². The molecule has 0 aromatic carbocycles. The second kappa shape index (κ2) is 11.1. The van der Waals surface area contributed by atoms with E-state index in [1.54, 1.807) is 0 Å². The first-order chi connectivity index (χ1) is 9.38. The lowest BCUT2D eigenvalue weighted by Gasteiger charge is -2.25. The van der Waals surface area contributed by atoms with Crippen LogP contribution in [0, 0.1) is 11.8 Å². The first kappa shape index (κ1) is 19.4. The highest BCUT2D eigenvalue weighted by molar-refractivity contribution is 5.73. The number of carbonyl (C=O) groups is 1. The summed E-state index contributed by atoms with van der Waals surface area (Å²) in [5.74, 6) is -0.501. The molecule has 0 aromatic rings. The van der Waals surface area contributed by atoms with Crippen molar-refractivity contribution in [1.82, 2.24) is 5.32 Å². The summed E-state index contributed by atoms with van der Waals surface area (Å²) in [5, 5.41) is 22.1. The molecule has 20 heavy (non-hydrogen) atoms. The van der Waals surface area contributed by atoms with Gasteiger partial charge in [0.15, 0.2) is 0 Å². The lowest BCUT2D eigenvalue weighted by Crippen LogP contribution is -2.46. The van der Waals surface area contributed by atoms with Crippen LogP contribution in [-0.4, -0.2) is 28.5 Å². The Hall–Kier alpha value is -0.610. The molecule has 4 nitrogen and oxygen atoms in total. The van der Waals surface area contributed by atoms with Crippen LogP contribution in [-0.2, 0) is 4.79 Å². The van der Waals surface area contributed by atoms with Gasteiger partial charge in [-0.25, -0.2) is 0 Å². The fraction of sp³-hybridized carbons (Fsp3) is 0.938. The van der Waals surface area contributed by atoms with Gasteiger partial charge in [0.1, 0.15) is 12.3 Å². The van der Waals surface area contributed by atoms with Crippen molar-refractivity contribution in [1.29, 1.82) is 0 Å². The second-order valence-corrected chi connectivity index (χ2v) is 6.31. The molecule has 3 unspecified atom stereocenters. The second-order valence-electron chi connectivity index (χ2n) is 6.31. The molecule has 0 saturated carbocycles. The fourth-order valence-electron chi connectivity index (χ4n) is 2.31. The van der Waals surface area contributed by atoms with Gasteiger partial charge in [0.2, 0.25) is 0 Å². The topological polar surface area (TPSA) is 69.6 Å². The molecule has 0 aliphatic carbocycles. The molecule has 0 aromatic heterocycles. The Balaban J connectivity index is 4.02. The van der Waals surface area contributed by atoms with Crippen LogP contribution in [0.5, 0.6) is 0 Å². The highest BCUT2D eigenvalue weighted by atomic mass is 16.4. The van der Waals surface area contributed by atoms with Gasteiger partial charge in [0, 0.05) is 0 Å². The third-order valence-electron chi connectivity index (χ3n) is 3.68. The highest BCUT2D eigenvalue weighted by Crippen LogP contribution is 2.15. The van der Waals surface area contributed by atoms with Crippen molar-refractivity contribution in [3.8, 4) is 0 Å². The van der Waals surface area contributed by atoms with Crippen molar-refractivity contribution in [2.45, 2.75) is 84.9 Å². The normalized spacial score (nSPS) is 16.1. The summed E-state index contributed by atoms with van der Waals surface area (Å²) in [4.78, 5) is 11.2. The van der Waals surface area contributed by atoms with E-state index in [2.05, 4.69) is 12.2 Å². The maximum Gasteiger partial charge on any atom is 0.320 e. The number of hydrogen-bond donors (Lipinski definition) is 3. The Morgan fingerprint density at radius 2 is 1.70 bits per heavy atom. The third-order valence-corrected chi connectivity index (χ3v) is 3.68. The van der Waals surface area contributed by atoms with Crippen molar-refractivity contribution < 1.29 is 15.0 Å². The van der Waals surface area contributed by atoms with E-state index in [1.165, 1.54) is 25.7 Å². The summed E-state index contributed by atoms with van der Waals surface area (Å²) in [7, 11) is 0. The van der Waals surface area contributed by atoms with E-state index in [-0.39, 0.29) is 5.92 Å². The number of aliphatic hydroxyl groups excluding tert-OH is 1. The number of unbranched alkanes of at least 4 members (excludes halogenated alkanes) is 4. The molecule has 0 rings (SSSR count). The number of hydrogen-bond acceptors (Lipinski definition) is 3. The minimum absolute atomic E-state index is 0.0886. The number of carboxylic acids is 1. The quantitative estimate of drug-likeness (QED) is 0.380. The van der Waals surface area contributed by atoms with E-state index in [0.717, 1.165) is 12.8 Å². The van der Waals surface area contributed by atoms with Gasteiger partial charge in [-0.05, 0) is 24.7 Å². The molecular weight excluding hydrogens is 254 g/mol. The Morgan fingerprint density at radius 3 is 2.20 bits per heavy atom. The lowest BCUT2D eigenvalue weighted by molar-refractivity contribution is -0.141. The van der Waals surface area contributed by atoms with Gasteiger partial charge in [-0.15, -0.1) is 0 Å². The van der Waals surface area contributed by atoms with Gasteiger partial charge < -0.3 is 10.2 Å². The van der Waals surface area contributed by atoms with Gasteiger partial charge >= 0.3 is 5.97 Å². The Labute approximate surface area is 124 Å². The molecule has 0 amide bonds. The smallest absolute Gasteiger partial charge is 0.320 e. The molecule has 120 valence electrons. The Bertz CT molecular complexity index is 256. The van der Waals surface area contributed by atoms with Crippen molar-refractivity contribution in [2.24, 2.45) is 11.8 Å². The van der Waals surface area contributed by atoms with Crippen molar-refractivity contribution in [3.63, 3.8) is 0 Å². The van der Waals surface area contributed by atoms with Gasteiger partial charge in [0.05, 0.1) is 0 Å². The summed E-state index contributed by atoms with van der Waals surface area (Å²) in [6.45, 7) is 8.14. The van der Waals surface area contributed by atoms with Gasteiger partial charge in [0.25, 0.3) is 0 Å². The molecule has 3 N–H and O–H groups in total. The summed E-state index contributed by atoms with van der Waals surface area (Å²) >= 11 is 0. The summed E-state index contributed by atoms with van der Waals surface area (Å²) < 4.78 is 0. The summed E-state index contributed by atoms with van der Waals surface area (Å²) in [6.07, 6.45) is 6.78. The van der Waals surface area contributed by atoms with E-state index in [9.17, 15) is 9.90 Å². The van der Waals surface area contributed by atoms with Crippen molar-refractivity contribution in [3.05, 3.63) is 0 Å². The predicted molar refractivity (Wildman–Crippen MR) is 82.6 cm³/mol. The van der Waals surface area contributed by atoms with E-state index in [0.29, 0.717) is 12.3 Å². The lowest BCUT2D eigenvalue weighted by atomic mass is 9.98. The van der Waals surface area contributed by atoms with Crippen LogP contribution in [0.2, 0.25) is 0 Å². The minimum Gasteiger partial charge on any atom is -0.480 e. The minimum atomic E-state index is -0.882. The maximum absolute atomic E-state index is 11.2. The number of carboxylic acid groups (broad SMARTS) is 1. The SMILES string of the molecule is CCCCCCCC(C)C(O)NC(CC(C)C)C(=O)O.